The van der Waals surface area contributed by atoms with Crippen LogP contribution in [0.5, 0.6) is 0 Å². The van der Waals surface area contributed by atoms with Crippen LogP contribution in [0.2, 0.25) is 0 Å². The van der Waals surface area contributed by atoms with Gasteiger partial charge >= 0.3 is 0 Å². The standard InChI is InChI=1S/C13H19N3O/c1-17-8-3-2-7-16-10-11(9-14)12-5-4-6-15-13(12)16/h4-6,10H,2-3,7-9,14H2,1H3. The number of nitrogens with two attached hydrogens (primary N) is 1. The fraction of sp³-hybridized carbons (Fsp3) is 0.462. The van der Waals surface area contributed by atoms with E-state index in [1.807, 2.05) is 12.3 Å². The molecule has 0 amide bonds. The molecule has 0 aliphatic heterocycles. The molecule has 4 nitrogen and oxygen atoms in total. The second-order valence-electron chi connectivity index (χ2n) is 4.13. The normalized spacial score (nSPS) is 11.2. The number of hydrogen-bond acceptors (Lipinski definition) is 3. The molecule has 2 N–H and O–H groups in total. The van der Waals surface area contributed by atoms with Gasteiger partial charge in [-0.2, -0.15) is 0 Å². The third-order valence-electron chi connectivity index (χ3n) is 2.93. The molecule has 0 radical (unpaired) electrons. The van der Waals surface area contributed by atoms with Crippen LogP contribution < -0.4 is 5.73 Å². The van der Waals surface area contributed by atoms with E-state index in [4.69, 9.17) is 10.5 Å². The van der Waals surface area contributed by atoms with Gasteiger partial charge < -0.3 is 15.0 Å². The van der Waals surface area contributed by atoms with Crippen molar-refractivity contribution in [3.63, 3.8) is 0 Å². The van der Waals surface area contributed by atoms with E-state index in [1.54, 1.807) is 7.11 Å². The van der Waals surface area contributed by atoms with Gasteiger partial charge in [-0.1, -0.05) is 0 Å². The van der Waals surface area contributed by atoms with E-state index in [2.05, 4.69) is 21.8 Å². The zero-order chi connectivity index (χ0) is 12.1. The van der Waals surface area contributed by atoms with Crippen LogP contribution >= 0.6 is 0 Å². The Kier molecular flexibility index (Phi) is 4.12. The van der Waals surface area contributed by atoms with Crippen LogP contribution in [0, 0.1) is 0 Å². The molecule has 0 aliphatic rings. The Balaban J connectivity index is 2.16. The minimum absolute atomic E-state index is 0.563. The number of pyridine rings is 1. The summed E-state index contributed by atoms with van der Waals surface area (Å²) in [4.78, 5) is 4.42. The van der Waals surface area contributed by atoms with E-state index in [0.29, 0.717) is 6.54 Å². The van der Waals surface area contributed by atoms with Crippen LogP contribution in [0.3, 0.4) is 0 Å². The van der Waals surface area contributed by atoms with Crippen LogP contribution in [-0.2, 0) is 17.8 Å². The Hall–Kier alpha value is -1.39. The van der Waals surface area contributed by atoms with Gasteiger partial charge in [-0.3, -0.25) is 0 Å². The molecule has 0 spiro atoms. The third kappa shape index (κ3) is 2.65. The molecule has 0 atom stereocenters. The number of aryl methyl sites for hydroxylation is 1. The Labute approximate surface area is 101 Å². The van der Waals surface area contributed by atoms with Crippen LogP contribution in [0.15, 0.2) is 24.5 Å². The van der Waals surface area contributed by atoms with E-state index < -0.39 is 0 Å². The molecule has 0 aliphatic carbocycles. The highest BCUT2D eigenvalue weighted by atomic mass is 16.5. The van der Waals surface area contributed by atoms with Crippen LogP contribution in [0.4, 0.5) is 0 Å². The van der Waals surface area contributed by atoms with Crippen molar-refractivity contribution in [2.24, 2.45) is 5.73 Å². The Morgan fingerprint density at radius 1 is 1.41 bits per heavy atom. The van der Waals surface area contributed by atoms with Crippen molar-refractivity contribution >= 4 is 11.0 Å². The van der Waals surface area contributed by atoms with Crippen LogP contribution in [0.1, 0.15) is 18.4 Å². The van der Waals surface area contributed by atoms with Crippen molar-refractivity contribution in [3.8, 4) is 0 Å². The topological polar surface area (TPSA) is 53.1 Å². The number of ether oxygens (including phenoxy) is 1. The summed E-state index contributed by atoms with van der Waals surface area (Å²) in [7, 11) is 1.74. The molecule has 4 heteroatoms. The molecule has 0 fully saturated rings. The quantitative estimate of drug-likeness (QED) is 0.775. The van der Waals surface area contributed by atoms with Crippen molar-refractivity contribution in [2.45, 2.75) is 25.9 Å². The van der Waals surface area contributed by atoms with Crippen LogP contribution in [-0.4, -0.2) is 23.3 Å². The highest BCUT2D eigenvalue weighted by molar-refractivity contribution is 5.80. The number of aromatic nitrogens is 2. The molecule has 2 heterocycles. The minimum Gasteiger partial charge on any atom is -0.385 e. The van der Waals surface area contributed by atoms with Gasteiger partial charge in [0.15, 0.2) is 0 Å². The van der Waals surface area contributed by atoms with Gasteiger partial charge in [0.25, 0.3) is 0 Å². The molecule has 2 aromatic rings. The second-order valence-corrected chi connectivity index (χ2v) is 4.13. The van der Waals surface area contributed by atoms with Crippen molar-refractivity contribution < 1.29 is 4.74 Å². The maximum absolute atomic E-state index is 5.74. The first-order chi connectivity index (χ1) is 8.36. The summed E-state index contributed by atoms with van der Waals surface area (Å²) >= 11 is 0. The Morgan fingerprint density at radius 2 is 2.29 bits per heavy atom. The monoisotopic (exact) mass is 233 g/mol. The number of methoxy groups -OCH3 is 1. The molecular formula is C13H19N3O. The minimum atomic E-state index is 0.563. The summed E-state index contributed by atoms with van der Waals surface area (Å²) < 4.78 is 7.24. The number of nitrogens with zero attached hydrogens (tertiary/aromatic N) is 2. The molecule has 92 valence electrons. The summed E-state index contributed by atoms with van der Waals surface area (Å²) in [5, 5.41) is 1.17. The zero-order valence-electron chi connectivity index (χ0n) is 10.2. The second kappa shape index (κ2) is 5.80. The van der Waals surface area contributed by atoms with Gasteiger partial charge in [-0.25, -0.2) is 4.98 Å². The summed E-state index contributed by atoms with van der Waals surface area (Å²) in [6.07, 6.45) is 6.11. The molecule has 0 aromatic carbocycles. The average molecular weight is 233 g/mol. The summed E-state index contributed by atoms with van der Waals surface area (Å²) in [6.45, 7) is 2.35. The predicted molar refractivity (Wildman–Crippen MR) is 68.7 cm³/mol. The van der Waals surface area contributed by atoms with Gasteiger partial charge in [0.05, 0.1) is 0 Å². The van der Waals surface area contributed by atoms with E-state index in [1.165, 1.54) is 10.9 Å². The summed E-state index contributed by atoms with van der Waals surface area (Å²) in [5.41, 5.74) is 7.94. The lowest BCUT2D eigenvalue weighted by molar-refractivity contribution is 0.191. The maximum Gasteiger partial charge on any atom is 0.140 e. The maximum atomic E-state index is 5.74. The average Bonchev–Trinajstić information content (AvgIpc) is 2.73. The highest BCUT2D eigenvalue weighted by Gasteiger charge is 2.07. The lowest BCUT2D eigenvalue weighted by atomic mass is 10.2. The van der Waals surface area contributed by atoms with Gasteiger partial charge in [0, 0.05) is 44.6 Å². The first-order valence-corrected chi connectivity index (χ1v) is 5.98. The smallest absolute Gasteiger partial charge is 0.140 e. The largest absolute Gasteiger partial charge is 0.385 e. The van der Waals surface area contributed by atoms with E-state index in [9.17, 15) is 0 Å². The number of unbranched alkanes of at least 4 members (excludes halogenated alkanes) is 1. The fourth-order valence-electron chi connectivity index (χ4n) is 2.06. The van der Waals surface area contributed by atoms with E-state index >= 15 is 0 Å². The van der Waals surface area contributed by atoms with E-state index in [-0.39, 0.29) is 0 Å². The Morgan fingerprint density at radius 3 is 3.06 bits per heavy atom. The van der Waals surface area contributed by atoms with Crippen molar-refractivity contribution in [1.82, 2.24) is 9.55 Å². The zero-order valence-corrected chi connectivity index (χ0v) is 10.2. The number of hydrogen-bond donors (Lipinski definition) is 1. The molecule has 0 saturated carbocycles. The Bertz CT molecular complexity index is 478. The van der Waals surface area contributed by atoms with Gasteiger partial charge in [-0.15, -0.1) is 0 Å². The number of fused-ring (bicyclic) bond motifs is 1. The fourth-order valence-corrected chi connectivity index (χ4v) is 2.06. The molecular weight excluding hydrogens is 214 g/mol. The molecule has 2 aromatic heterocycles. The van der Waals surface area contributed by atoms with Crippen molar-refractivity contribution in [3.05, 3.63) is 30.1 Å². The SMILES string of the molecule is COCCCCn1cc(CN)c2cccnc21. The van der Waals surface area contributed by atoms with Crippen molar-refractivity contribution in [2.75, 3.05) is 13.7 Å². The first-order valence-electron chi connectivity index (χ1n) is 5.98. The lowest BCUT2D eigenvalue weighted by Gasteiger charge is -2.03. The lowest BCUT2D eigenvalue weighted by Crippen LogP contribution is -1.99. The van der Waals surface area contributed by atoms with Gasteiger partial charge in [0.2, 0.25) is 0 Å². The molecule has 0 bridgehead atoms. The van der Waals surface area contributed by atoms with Crippen molar-refractivity contribution in [1.29, 1.82) is 0 Å². The molecule has 2 rings (SSSR count). The summed E-state index contributed by atoms with van der Waals surface area (Å²) in [5.74, 6) is 0. The highest BCUT2D eigenvalue weighted by Crippen LogP contribution is 2.19. The first kappa shape index (κ1) is 12.1. The van der Waals surface area contributed by atoms with E-state index in [0.717, 1.165) is 31.6 Å². The molecule has 0 saturated heterocycles. The van der Waals surface area contributed by atoms with Gasteiger partial charge in [-0.05, 0) is 30.5 Å². The number of rotatable bonds is 6. The van der Waals surface area contributed by atoms with Crippen LogP contribution in [0.25, 0.3) is 11.0 Å². The molecule has 0 unspecified atom stereocenters. The predicted octanol–water partition coefficient (Wildman–Crippen LogP) is 1.92. The molecule has 17 heavy (non-hydrogen) atoms. The third-order valence-corrected chi connectivity index (χ3v) is 2.93. The van der Waals surface area contributed by atoms with Gasteiger partial charge in [0.1, 0.15) is 5.65 Å². The summed E-state index contributed by atoms with van der Waals surface area (Å²) in [6, 6.07) is 4.03.